The van der Waals surface area contributed by atoms with E-state index in [1.165, 1.54) is 17.8 Å². The number of aryl methyl sites for hydroxylation is 1. The van der Waals surface area contributed by atoms with Gasteiger partial charge in [0.1, 0.15) is 5.82 Å². The molecule has 20 heavy (non-hydrogen) atoms. The van der Waals surface area contributed by atoms with Crippen molar-refractivity contribution in [2.75, 3.05) is 11.9 Å². The number of nitrogens with zero attached hydrogens (tertiary/aromatic N) is 2. The molecule has 1 N–H and O–H groups in total. The van der Waals surface area contributed by atoms with E-state index in [0.717, 1.165) is 5.56 Å². The van der Waals surface area contributed by atoms with Gasteiger partial charge in [-0.05, 0) is 18.6 Å². The van der Waals surface area contributed by atoms with Gasteiger partial charge in [-0.3, -0.25) is 0 Å². The molecule has 104 valence electrons. The summed E-state index contributed by atoms with van der Waals surface area (Å²) in [4.78, 5) is 16.9. The predicted molar refractivity (Wildman–Crippen MR) is 79.5 cm³/mol. The van der Waals surface area contributed by atoms with Gasteiger partial charge in [-0.25, -0.2) is 9.78 Å². The molecule has 2 aromatic rings. The molecule has 0 bridgehead atoms. The number of halogens is 1. The van der Waals surface area contributed by atoms with Crippen molar-refractivity contribution >= 4 is 23.4 Å². The van der Waals surface area contributed by atoms with Gasteiger partial charge in [0.05, 0.1) is 10.6 Å². The summed E-state index contributed by atoms with van der Waals surface area (Å²) in [5.41, 5.74) is 2.42. The van der Waals surface area contributed by atoms with Gasteiger partial charge < -0.3 is 10.0 Å². The Hall–Kier alpha value is -2.07. The Morgan fingerprint density at radius 2 is 2.15 bits per heavy atom. The number of rotatable bonds is 4. The quantitative estimate of drug-likeness (QED) is 0.938. The van der Waals surface area contributed by atoms with Crippen molar-refractivity contribution in [2.24, 2.45) is 0 Å². The number of hydrogen-bond acceptors (Lipinski definition) is 3. The van der Waals surface area contributed by atoms with E-state index in [-0.39, 0.29) is 5.56 Å². The van der Waals surface area contributed by atoms with Gasteiger partial charge in [-0.1, -0.05) is 41.4 Å². The summed E-state index contributed by atoms with van der Waals surface area (Å²) in [6, 6.07) is 9.58. The first-order valence-corrected chi connectivity index (χ1v) is 6.50. The number of carboxylic acids is 1. The van der Waals surface area contributed by atoms with Gasteiger partial charge in [0.2, 0.25) is 0 Å². The average Bonchev–Trinajstić information content (AvgIpc) is 2.38. The van der Waals surface area contributed by atoms with Crippen LogP contribution in [-0.2, 0) is 6.54 Å². The van der Waals surface area contributed by atoms with Crippen LogP contribution in [-0.4, -0.2) is 23.1 Å². The van der Waals surface area contributed by atoms with E-state index < -0.39 is 5.97 Å². The minimum atomic E-state index is -1.03. The first-order chi connectivity index (χ1) is 9.47. The first kappa shape index (κ1) is 14.3. The van der Waals surface area contributed by atoms with Crippen LogP contribution in [0.25, 0.3) is 0 Å². The highest BCUT2D eigenvalue weighted by Gasteiger charge is 2.12. The lowest BCUT2D eigenvalue weighted by molar-refractivity contribution is 0.0696. The van der Waals surface area contributed by atoms with Crippen LogP contribution in [0.2, 0.25) is 5.02 Å². The van der Waals surface area contributed by atoms with Gasteiger partial charge in [-0.15, -0.1) is 0 Å². The predicted octanol–water partition coefficient (Wildman–Crippen LogP) is 3.38. The Bertz CT molecular complexity index is 644. The van der Waals surface area contributed by atoms with Crippen molar-refractivity contribution in [1.29, 1.82) is 0 Å². The second-order valence-electron chi connectivity index (χ2n) is 4.68. The maximum atomic E-state index is 10.9. The van der Waals surface area contributed by atoms with Crippen LogP contribution in [0.1, 0.15) is 21.5 Å². The molecule has 0 fully saturated rings. The van der Waals surface area contributed by atoms with Crippen LogP contribution in [0.5, 0.6) is 0 Å². The number of anilines is 1. The van der Waals surface area contributed by atoms with Crippen LogP contribution in [0.3, 0.4) is 0 Å². The lowest BCUT2D eigenvalue weighted by Gasteiger charge is -2.19. The standard InChI is InChI=1S/C15H15ClN2O2/c1-10-4-3-5-11(6-10)9-18(2)14-13(16)7-12(8-17-14)15(19)20/h3-8H,9H2,1-2H3,(H,19,20). The van der Waals surface area contributed by atoms with Gasteiger partial charge in [0.15, 0.2) is 0 Å². The zero-order chi connectivity index (χ0) is 14.7. The molecular weight excluding hydrogens is 276 g/mol. The fraction of sp³-hybridized carbons (Fsp3) is 0.200. The maximum absolute atomic E-state index is 10.9. The second-order valence-corrected chi connectivity index (χ2v) is 5.09. The summed E-state index contributed by atoms with van der Waals surface area (Å²) >= 11 is 6.10. The van der Waals surface area contributed by atoms with Gasteiger partial charge >= 0.3 is 5.97 Å². The Kier molecular flexibility index (Phi) is 4.25. The van der Waals surface area contributed by atoms with Crippen LogP contribution >= 0.6 is 11.6 Å². The average molecular weight is 291 g/mol. The van der Waals surface area contributed by atoms with E-state index >= 15 is 0 Å². The Balaban J connectivity index is 2.21. The molecule has 5 heteroatoms. The molecule has 0 saturated heterocycles. The summed E-state index contributed by atoms with van der Waals surface area (Å²) in [6.07, 6.45) is 1.32. The smallest absolute Gasteiger partial charge is 0.337 e. The molecule has 2 rings (SSSR count). The number of aromatic carboxylic acids is 1. The van der Waals surface area contributed by atoms with Crippen molar-refractivity contribution in [1.82, 2.24) is 4.98 Å². The zero-order valence-corrected chi connectivity index (χ0v) is 12.1. The van der Waals surface area contributed by atoms with Gasteiger partial charge in [-0.2, -0.15) is 0 Å². The van der Waals surface area contributed by atoms with Crippen molar-refractivity contribution in [3.63, 3.8) is 0 Å². The molecule has 0 aliphatic rings. The van der Waals surface area contributed by atoms with Gasteiger partial charge in [0, 0.05) is 19.8 Å². The van der Waals surface area contributed by atoms with Crippen LogP contribution in [0.4, 0.5) is 5.82 Å². The highest BCUT2D eigenvalue weighted by Crippen LogP contribution is 2.24. The number of benzene rings is 1. The molecule has 4 nitrogen and oxygen atoms in total. The summed E-state index contributed by atoms with van der Waals surface area (Å²) < 4.78 is 0. The molecule has 0 saturated carbocycles. The molecule has 1 aromatic carbocycles. The van der Waals surface area contributed by atoms with Gasteiger partial charge in [0.25, 0.3) is 0 Å². The lowest BCUT2D eigenvalue weighted by Crippen LogP contribution is -2.18. The van der Waals surface area contributed by atoms with Crippen LogP contribution in [0, 0.1) is 6.92 Å². The zero-order valence-electron chi connectivity index (χ0n) is 11.3. The Morgan fingerprint density at radius 3 is 2.75 bits per heavy atom. The first-order valence-electron chi connectivity index (χ1n) is 6.13. The molecule has 0 atom stereocenters. The third-order valence-electron chi connectivity index (χ3n) is 2.93. The van der Waals surface area contributed by atoms with E-state index in [1.807, 2.05) is 37.1 Å². The highest BCUT2D eigenvalue weighted by molar-refractivity contribution is 6.33. The SMILES string of the molecule is Cc1cccc(CN(C)c2ncc(C(=O)O)cc2Cl)c1. The topological polar surface area (TPSA) is 53.4 Å². The minimum Gasteiger partial charge on any atom is -0.478 e. The van der Waals surface area contributed by atoms with E-state index in [2.05, 4.69) is 11.1 Å². The fourth-order valence-electron chi connectivity index (χ4n) is 1.99. The molecule has 0 unspecified atom stereocenters. The lowest BCUT2D eigenvalue weighted by atomic mass is 10.1. The van der Waals surface area contributed by atoms with E-state index in [4.69, 9.17) is 16.7 Å². The number of carbonyl (C=O) groups is 1. The normalized spacial score (nSPS) is 10.3. The molecule has 0 amide bonds. The Labute approximate surface area is 122 Å². The number of aromatic nitrogens is 1. The third-order valence-corrected chi connectivity index (χ3v) is 3.21. The largest absolute Gasteiger partial charge is 0.478 e. The van der Waals surface area contributed by atoms with E-state index in [0.29, 0.717) is 17.4 Å². The number of carboxylic acid groups (broad SMARTS) is 1. The molecule has 0 aliphatic carbocycles. The summed E-state index contributed by atoms with van der Waals surface area (Å²) in [5.74, 6) is -0.467. The molecule has 0 spiro atoms. The molecule has 0 aliphatic heterocycles. The summed E-state index contributed by atoms with van der Waals surface area (Å²) in [7, 11) is 1.87. The Morgan fingerprint density at radius 1 is 1.40 bits per heavy atom. The number of pyridine rings is 1. The second kappa shape index (κ2) is 5.92. The monoisotopic (exact) mass is 290 g/mol. The maximum Gasteiger partial charge on any atom is 0.337 e. The minimum absolute atomic E-state index is 0.0858. The van der Waals surface area contributed by atoms with Crippen molar-refractivity contribution in [2.45, 2.75) is 13.5 Å². The van der Waals surface area contributed by atoms with Crippen LogP contribution in [0.15, 0.2) is 36.5 Å². The summed E-state index contributed by atoms with van der Waals surface area (Å²) in [5, 5.41) is 9.23. The number of hydrogen-bond donors (Lipinski definition) is 1. The third kappa shape index (κ3) is 3.27. The highest BCUT2D eigenvalue weighted by atomic mass is 35.5. The van der Waals surface area contributed by atoms with E-state index in [9.17, 15) is 4.79 Å². The summed E-state index contributed by atoms with van der Waals surface area (Å²) in [6.45, 7) is 2.69. The molecule has 0 radical (unpaired) electrons. The molecular formula is C15H15ClN2O2. The van der Waals surface area contributed by atoms with Crippen molar-refractivity contribution in [3.05, 3.63) is 58.2 Å². The molecule has 1 heterocycles. The van der Waals surface area contributed by atoms with Crippen molar-refractivity contribution in [3.8, 4) is 0 Å². The van der Waals surface area contributed by atoms with Crippen LogP contribution < -0.4 is 4.90 Å². The van der Waals surface area contributed by atoms with Crippen molar-refractivity contribution < 1.29 is 9.90 Å². The molecule has 1 aromatic heterocycles. The fourth-order valence-corrected chi connectivity index (χ4v) is 2.30. The van der Waals surface area contributed by atoms with E-state index in [1.54, 1.807) is 0 Å².